The molecule has 0 aromatic carbocycles. The van der Waals surface area contributed by atoms with E-state index in [0.717, 1.165) is 5.69 Å². The molecule has 0 saturated carbocycles. The van der Waals surface area contributed by atoms with E-state index >= 15 is 0 Å². The Morgan fingerprint density at radius 2 is 2.20 bits per heavy atom. The van der Waals surface area contributed by atoms with Crippen LogP contribution in [0.25, 0.3) is 5.82 Å². The molecular formula is C11H11N3O. The first-order valence-electron chi connectivity index (χ1n) is 4.66. The molecule has 0 aliphatic carbocycles. The highest BCUT2D eigenvalue weighted by Crippen LogP contribution is 2.07. The van der Waals surface area contributed by atoms with Crippen molar-refractivity contribution in [2.24, 2.45) is 0 Å². The van der Waals surface area contributed by atoms with Gasteiger partial charge < -0.3 is 0 Å². The van der Waals surface area contributed by atoms with Crippen LogP contribution in [0.2, 0.25) is 0 Å². The molecule has 4 nitrogen and oxygen atoms in total. The van der Waals surface area contributed by atoms with Crippen molar-refractivity contribution in [1.82, 2.24) is 14.8 Å². The average Bonchev–Trinajstić information content (AvgIpc) is 2.65. The lowest BCUT2D eigenvalue weighted by molar-refractivity contribution is 0.101. The van der Waals surface area contributed by atoms with E-state index in [1.807, 2.05) is 19.2 Å². The first kappa shape index (κ1) is 9.58. The number of carbonyl (C=O) groups is 1. The zero-order chi connectivity index (χ0) is 10.8. The fourth-order valence-corrected chi connectivity index (χ4v) is 1.31. The Morgan fingerprint density at radius 1 is 1.40 bits per heavy atom. The summed E-state index contributed by atoms with van der Waals surface area (Å²) in [6, 6.07) is 5.32. The van der Waals surface area contributed by atoms with Crippen molar-refractivity contribution < 1.29 is 4.79 Å². The second kappa shape index (κ2) is 3.65. The number of ketones is 1. The lowest BCUT2D eigenvalue weighted by atomic mass is 10.2. The molecule has 2 aromatic heterocycles. The minimum atomic E-state index is 0.0301. The molecule has 0 radical (unpaired) electrons. The minimum absolute atomic E-state index is 0.0301. The molecule has 0 bridgehead atoms. The van der Waals surface area contributed by atoms with E-state index in [1.165, 1.54) is 6.92 Å². The van der Waals surface area contributed by atoms with Crippen molar-refractivity contribution in [3.63, 3.8) is 0 Å². The summed E-state index contributed by atoms with van der Waals surface area (Å²) in [6.07, 6.45) is 3.44. The minimum Gasteiger partial charge on any atom is -0.295 e. The smallest absolute Gasteiger partial charge is 0.159 e. The van der Waals surface area contributed by atoms with Crippen molar-refractivity contribution in [2.45, 2.75) is 13.8 Å². The van der Waals surface area contributed by atoms with Gasteiger partial charge in [-0.15, -0.1) is 0 Å². The van der Waals surface area contributed by atoms with E-state index in [9.17, 15) is 4.79 Å². The highest BCUT2D eigenvalue weighted by Gasteiger charge is 2.03. The molecule has 0 fully saturated rings. The Hall–Kier alpha value is -1.97. The van der Waals surface area contributed by atoms with E-state index < -0.39 is 0 Å². The maximum atomic E-state index is 11.2. The summed E-state index contributed by atoms with van der Waals surface area (Å²) in [5.41, 5.74) is 1.57. The SMILES string of the molecule is CC(=O)c1ccnc(-n2ccc(C)n2)c1. The van der Waals surface area contributed by atoms with E-state index in [4.69, 9.17) is 0 Å². The number of Topliss-reactive ketones (excluding diaryl/α,β-unsaturated/α-hetero) is 1. The van der Waals surface area contributed by atoms with E-state index in [-0.39, 0.29) is 5.78 Å². The zero-order valence-electron chi connectivity index (χ0n) is 8.64. The third-order valence-corrected chi connectivity index (χ3v) is 2.11. The topological polar surface area (TPSA) is 47.8 Å². The van der Waals surface area contributed by atoms with Gasteiger partial charge in [-0.25, -0.2) is 9.67 Å². The Bertz CT molecular complexity index is 502. The first-order chi connectivity index (χ1) is 7.16. The summed E-state index contributed by atoms with van der Waals surface area (Å²) in [7, 11) is 0. The Morgan fingerprint density at radius 3 is 2.80 bits per heavy atom. The molecule has 0 atom stereocenters. The number of hydrogen-bond donors (Lipinski definition) is 0. The molecule has 0 unspecified atom stereocenters. The van der Waals surface area contributed by atoms with Gasteiger partial charge in [-0.2, -0.15) is 5.10 Å². The monoisotopic (exact) mass is 201 g/mol. The Labute approximate surface area is 87.6 Å². The van der Waals surface area contributed by atoms with E-state index in [1.54, 1.807) is 23.0 Å². The molecule has 0 spiro atoms. The fraction of sp³-hybridized carbons (Fsp3) is 0.182. The van der Waals surface area contributed by atoms with Gasteiger partial charge in [-0.05, 0) is 32.0 Å². The number of carbonyl (C=O) groups excluding carboxylic acids is 1. The summed E-state index contributed by atoms with van der Waals surface area (Å²) < 4.78 is 1.65. The quantitative estimate of drug-likeness (QED) is 0.696. The lowest BCUT2D eigenvalue weighted by Crippen LogP contribution is -2.01. The summed E-state index contributed by atoms with van der Waals surface area (Å²) in [5.74, 6) is 0.693. The standard InChI is InChI=1S/C11H11N3O/c1-8-4-6-14(13-8)11-7-10(9(2)15)3-5-12-11/h3-7H,1-2H3. The molecule has 2 aromatic rings. The van der Waals surface area contributed by atoms with Gasteiger partial charge >= 0.3 is 0 Å². The van der Waals surface area contributed by atoms with Gasteiger partial charge in [0, 0.05) is 18.0 Å². The number of nitrogens with zero attached hydrogens (tertiary/aromatic N) is 3. The normalized spacial score (nSPS) is 10.3. The predicted octanol–water partition coefficient (Wildman–Crippen LogP) is 1.78. The largest absolute Gasteiger partial charge is 0.295 e. The van der Waals surface area contributed by atoms with Crippen LogP contribution in [-0.2, 0) is 0 Å². The highest BCUT2D eigenvalue weighted by molar-refractivity contribution is 5.94. The van der Waals surface area contributed by atoms with Gasteiger partial charge in [0.25, 0.3) is 0 Å². The lowest BCUT2D eigenvalue weighted by Gasteiger charge is -2.01. The average molecular weight is 201 g/mol. The van der Waals surface area contributed by atoms with Crippen LogP contribution in [0.3, 0.4) is 0 Å². The van der Waals surface area contributed by atoms with Gasteiger partial charge in [-0.1, -0.05) is 0 Å². The van der Waals surface area contributed by atoms with Gasteiger partial charge in [0.1, 0.15) is 0 Å². The maximum Gasteiger partial charge on any atom is 0.159 e. The number of aryl methyl sites for hydroxylation is 1. The van der Waals surface area contributed by atoms with E-state index in [0.29, 0.717) is 11.4 Å². The molecule has 0 N–H and O–H groups in total. The molecule has 76 valence electrons. The molecule has 15 heavy (non-hydrogen) atoms. The van der Waals surface area contributed by atoms with E-state index in [2.05, 4.69) is 10.1 Å². The summed E-state index contributed by atoms with van der Waals surface area (Å²) in [6.45, 7) is 3.44. The van der Waals surface area contributed by atoms with Crippen LogP contribution in [0.5, 0.6) is 0 Å². The molecule has 4 heteroatoms. The van der Waals surface area contributed by atoms with Gasteiger partial charge in [0.2, 0.25) is 0 Å². The molecule has 2 rings (SSSR count). The summed E-state index contributed by atoms with van der Waals surface area (Å²) in [5, 5.41) is 4.22. The second-order valence-corrected chi connectivity index (χ2v) is 3.36. The third-order valence-electron chi connectivity index (χ3n) is 2.11. The molecular weight excluding hydrogens is 190 g/mol. The van der Waals surface area contributed by atoms with Crippen molar-refractivity contribution in [3.8, 4) is 5.82 Å². The number of rotatable bonds is 2. The number of hydrogen-bond acceptors (Lipinski definition) is 3. The van der Waals surface area contributed by atoms with Crippen LogP contribution in [0, 0.1) is 6.92 Å². The van der Waals surface area contributed by atoms with Gasteiger partial charge in [-0.3, -0.25) is 4.79 Å². The van der Waals surface area contributed by atoms with Crippen LogP contribution in [0.1, 0.15) is 23.0 Å². The fourth-order valence-electron chi connectivity index (χ4n) is 1.31. The van der Waals surface area contributed by atoms with Crippen molar-refractivity contribution in [1.29, 1.82) is 0 Å². The highest BCUT2D eigenvalue weighted by atomic mass is 16.1. The Kier molecular flexibility index (Phi) is 2.33. The van der Waals surface area contributed by atoms with Crippen LogP contribution in [-0.4, -0.2) is 20.5 Å². The van der Waals surface area contributed by atoms with Gasteiger partial charge in [0.15, 0.2) is 11.6 Å². The van der Waals surface area contributed by atoms with Gasteiger partial charge in [0.05, 0.1) is 5.69 Å². The second-order valence-electron chi connectivity index (χ2n) is 3.36. The van der Waals surface area contributed by atoms with Crippen LogP contribution < -0.4 is 0 Å². The maximum absolute atomic E-state index is 11.2. The summed E-state index contributed by atoms with van der Waals surface area (Å²) >= 11 is 0. The molecule has 0 amide bonds. The van der Waals surface area contributed by atoms with Crippen LogP contribution in [0.4, 0.5) is 0 Å². The van der Waals surface area contributed by atoms with Crippen molar-refractivity contribution in [3.05, 3.63) is 41.9 Å². The van der Waals surface area contributed by atoms with Crippen molar-refractivity contribution >= 4 is 5.78 Å². The molecule has 0 aliphatic heterocycles. The predicted molar refractivity (Wildman–Crippen MR) is 56.1 cm³/mol. The number of aromatic nitrogens is 3. The first-order valence-corrected chi connectivity index (χ1v) is 4.66. The van der Waals surface area contributed by atoms with Crippen molar-refractivity contribution in [2.75, 3.05) is 0 Å². The molecule has 2 heterocycles. The molecule has 0 saturated heterocycles. The third kappa shape index (κ3) is 1.93. The zero-order valence-corrected chi connectivity index (χ0v) is 8.64. The number of pyridine rings is 1. The molecule has 0 aliphatic rings. The van der Waals surface area contributed by atoms with Crippen LogP contribution in [0.15, 0.2) is 30.6 Å². The summed E-state index contributed by atoms with van der Waals surface area (Å²) in [4.78, 5) is 15.3. The van der Waals surface area contributed by atoms with Crippen LogP contribution >= 0.6 is 0 Å². The Balaban J connectivity index is 2.45.